The maximum absolute atomic E-state index is 12.5. The number of hydrogen-bond acceptors (Lipinski definition) is 3. The molecule has 0 spiro atoms. The molecule has 0 bridgehead atoms. The van der Waals surface area contributed by atoms with Gasteiger partial charge in [0.05, 0.1) is 0 Å². The first kappa shape index (κ1) is 17.3. The van der Waals surface area contributed by atoms with Crippen molar-refractivity contribution in [1.82, 2.24) is 10.2 Å². The zero-order valence-electron chi connectivity index (χ0n) is 14.6. The second kappa shape index (κ2) is 7.02. The van der Waals surface area contributed by atoms with E-state index in [9.17, 15) is 9.59 Å². The van der Waals surface area contributed by atoms with Crippen molar-refractivity contribution in [3.8, 4) is 0 Å². The van der Waals surface area contributed by atoms with Crippen molar-refractivity contribution in [2.24, 2.45) is 5.92 Å². The summed E-state index contributed by atoms with van der Waals surface area (Å²) < 4.78 is 0. The highest BCUT2D eigenvalue weighted by atomic mass is 16.2. The van der Waals surface area contributed by atoms with Gasteiger partial charge in [0, 0.05) is 30.9 Å². The number of carbonyl (C=O) groups is 2. The second-order valence-corrected chi connectivity index (χ2v) is 6.73. The topological polar surface area (TPSA) is 61.4 Å². The van der Waals surface area contributed by atoms with Gasteiger partial charge in [-0.3, -0.25) is 9.59 Å². The number of anilines is 1. The third kappa shape index (κ3) is 3.84. The standard InChI is InChI=1S/C18H27N3O2/c1-11(2)13(4)19-15-8-6-7-14(12(15)3)17(22)20-16-9-10-21(5)18(16)23/h6-8,11,13,16,19H,9-10H2,1-5H3,(H,20,22)/t13-,16-/m1/s1. The summed E-state index contributed by atoms with van der Waals surface area (Å²) in [6.07, 6.45) is 0.669. The predicted octanol–water partition coefficient (Wildman–Crippen LogP) is 2.41. The van der Waals surface area contributed by atoms with E-state index in [0.717, 1.165) is 11.3 Å². The Hall–Kier alpha value is -2.04. The van der Waals surface area contributed by atoms with Gasteiger partial charge < -0.3 is 15.5 Å². The Labute approximate surface area is 138 Å². The zero-order chi connectivity index (χ0) is 17.1. The van der Waals surface area contributed by atoms with E-state index in [1.807, 2.05) is 19.1 Å². The molecular formula is C18H27N3O2. The van der Waals surface area contributed by atoms with Gasteiger partial charge in [-0.25, -0.2) is 0 Å². The summed E-state index contributed by atoms with van der Waals surface area (Å²) in [6.45, 7) is 9.07. The third-order valence-corrected chi connectivity index (χ3v) is 4.69. The predicted molar refractivity (Wildman–Crippen MR) is 92.6 cm³/mol. The van der Waals surface area contributed by atoms with Crippen LogP contribution in [0, 0.1) is 12.8 Å². The maximum atomic E-state index is 12.5. The van der Waals surface area contributed by atoms with Crippen LogP contribution in [0.4, 0.5) is 5.69 Å². The van der Waals surface area contributed by atoms with Gasteiger partial charge in [0.25, 0.3) is 5.91 Å². The van der Waals surface area contributed by atoms with Crippen LogP contribution >= 0.6 is 0 Å². The number of nitrogens with zero attached hydrogens (tertiary/aromatic N) is 1. The summed E-state index contributed by atoms with van der Waals surface area (Å²) in [6, 6.07) is 5.58. The van der Waals surface area contributed by atoms with Gasteiger partial charge >= 0.3 is 0 Å². The summed E-state index contributed by atoms with van der Waals surface area (Å²) >= 11 is 0. The Morgan fingerprint density at radius 1 is 1.30 bits per heavy atom. The van der Waals surface area contributed by atoms with Crippen molar-refractivity contribution in [2.45, 2.75) is 46.2 Å². The molecule has 2 atom stereocenters. The minimum Gasteiger partial charge on any atom is -0.382 e. The molecule has 1 aromatic carbocycles. The number of benzene rings is 1. The van der Waals surface area contributed by atoms with E-state index in [1.165, 1.54) is 0 Å². The Kier molecular flexibility index (Phi) is 5.29. The highest BCUT2D eigenvalue weighted by Crippen LogP contribution is 2.22. The molecular weight excluding hydrogens is 290 g/mol. The highest BCUT2D eigenvalue weighted by Gasteiger charge is 2.30. The molecule has 5 heteroatoms. The van der Waals surface area contributed by atoms with E-state index in [1.54, 1.807) is 18.0 Å². The normalized spacial score (nSPS) is 19.1. The Morgan fingerprint density at radius 2 is 2.00 bits per heavy atom. The van der Waals surface area contributed by atoms with Gasteiger partial charge in [-0.2, -0.15) is 0 Å². The Morgan fingerprint density at radius 3 is 2.57 bits per heavy atom. The van der Waals surface area contributed by atoms with Crippen molar-refractivity contribution < 1.29 is 9.59 Å². The zero-order valence-corrected chi connectivity index (χ0v) is 14.6. The molecule has 0 aromatic heterocycles. The van der Waals surface area contributed by atoms with E-state index >= 15 is 0 Å². The number of carbonyl (C=O) groups excluding carboxylic acids is 2. The fourth-order valence-electron chi connectivity index (χ4n) is 2.64. The van der Waals surface area contributed by atoms with Gasteiger partial charge in [0.15, 0.2) is 0 Å². The van der Waals surface area contributed by atoms with Crippen LogP contribution in [0.3, 0.4) is 0 Å². The number of rotatable bonds is 5. The summed E-state index contributed by atoms with van der Waals surface area (Å²) in [5, 5.41) is 6.32. The van der Waals surface area contributed by atoms with Gasteiger partial charge in [-0.1, -0.05) is 19.9 Å². The summed E-state index contributed by atoms with van der Waals surface area (Å²) in [5.74, 6) is 0.300. The highest BCUT2D eigenvalue weighted by molar-refractivity contribution is 6.00. The van der Waals surface area contributed by atoms with E-state index in [-0.39, 0.29) is 11.8 Å². The van der Waals surface area contributed by atoms with Crippen molar-refractivity contribution >= 4 is 17.5 Å². The molecule has 5 nitrogen and oxygen atoms in total. The van der Waals surface area contributed by atoms with Gasteiger partial charge in [0.2, 0.25) is 5.91 Å². The van der Waals surface area contributed by atoms with Crippen LogP contribution in [0.2, 0.25) is 0 Å². The number of hydrogen-bond donors (Lipinski definition) is 2. The summed E-state index contributed by atoms with van der Waals surface area (Å²) in [5.41, 5.74) is 2.50. The molecule has 2 rings (SSSR count). The van der Waals surface area contributed by atoms with Crippen LogP contribution in [0.25, 0.3) is 0 Å². The summed E-state index contributed by atoms with van der Waals surface area (Å²) in [4.78, 5) is 26.1. The minimum atomic E-state index is -0.405. The van der Waals surface area contributed by atoms with Crippen LogP contribution in [-0.4, -0.2) is 42.4 Å². The van der Waals surface area contributed by atoms with Crippen molar-refractivity contribution in [2.75, 3.05) is 18.9 Å². The first-order chi connectivity index (χ1) is 10.8. The van der Waals surface area contributed by atoms with E-state index in [2.05, 4.69) is 31.4 Å². The van der Waals surface area contributed by atoms with Crippen LogP contribution in [0.1, 0.15) is 43.1 Å². The SMILES string of the molecule is Cc1c(N[C@H](C)C(C)C)cccc1C(=O)N[C@@H]1CCN(C)C1=O. The molecule has 1 fully saturated rings. The average molecular weight is 317 g/mol. The van der Waals surface area contributed by atoms with Crippen molar-refractivity contribution in [3.63, 3.8) is 0 Å². The van der Waals surface area contributed by atoms with Crippen molar-refractivity contribution in [3.05, 3.63) is 29.3 Å². The molecule has 1 heterocycles. The first-order valence-corrected chi connectivity index (χ1v) is 8.23. The molecule has 0 saturated carbocycles. The number of amides is 2. The smallest absolute Gasteiger partial charge is 0.252 e. The second-order valence-electron chi connectivity index (χ2n) is 6.73. The van der Waals surface area contributed by atoms with Crippen molar-refractivity contribution in [1.29, 1.82) is 0 Å². The molecule has 1 aliphatic heterocycles. The fraction of sp³-hybridized carbons (Fsp3) is 0.556. The van der Waals surface area contributed by atoms with Crippen LogP contribution in [0.5, 0.6) is 0 Å². The molecule has 23 heavy (non-hydrogen) atoms. The lowest BCUT2D eigenvalue weighted by Gasteiger charge is -2.21. The average Bonchev–Trinajstić information content (AvgIpc) is 2.81. The third-order valence-electron chi connectivity index (χ3n) is 4.69. The lowest BCUT2D eigenvalue weighted by Crippen LogP contribution is -2.40. The van der Waals surface area contributed by atoms with Crippen LogP contribution in [-0.2, 0) is 4.79 Å². The number of likely N-dealkylation sites (N-methyl/N-ethyl adjacent to an activating group) is 1. The molecule has 2 N–H and O–H groups in total. The molecule has 126 valence electrons. The monoisotopic (exact) mass is 317 g/mol. The Balaban J connectivity index is 2.13. The number of likely N-dealkylation sites (tertiary alicyclic amines) is 1. The molecule has 2 amide bonds. The first-order valence-electron chi connectivity index (χ1n) is 8.23. The van der Waals surface area contributed by atoms with Gasteiger partial charge in [-0.15, -0.1) is 0 Å². The fourth-order valence-corrected chi connectivity index (χ4v) is 2.64. The van der Waals surface area contributed by atoms with Gasteiger partial charge in [0.1, 0.15) is 6.04 Å². The molecule has 1 saturated heterocycles. The molecule has 0 unspecified atom stereocenters. The lowest BCUT2D eigenvalue weighted by atomic mass is 10.0. The van der Waals surface area contributed by atoms with E-state index in [4.69, 9.17) is 0 Å². The summed E-state index contributed by atoms with van der Waals surface area (Å²) in [7, 11) is 1.76. The molecule has 0 radical (unpaired) electrons. The maximum Gasteiger partial charge on any atom is 0.252 e. The van der Waals surface area contributed by atoms with Crippen LogP contribution < -0.4 is 10.6 Å². The van der Waals surface area contributed by atoms with Crippen LogP contribution in [0.15, 0.2) is 18.2 Å². The van der Waals surface area contributed by atoms with E-state index in [0.29, 0.717) is 30.5 Å². The van der Waals surface area contributed by atoms with E-state index < -0.39 is 6.04 Å². The quantitative estimate of drug-likeness (QED) is 0.877. The Bertz CT molecular complexity index is 598. The molecule has 0 aliphatic carbocycles. The number of nitrogens with one attached hydrogen (secondary N) is 2. The largest absolute Gasteiger partial charge is 0.382 e. The minimum absolute atomic E-state index is 0.0151. The lowest BCUT2D eigenvalue weighted by molar-refractivity contribution is -0.128. The molecule has 1 aliphatic rings. The van der Waals surface area contributed by atoms with Gasteiger partial charge in [-0.05, 0) is 43.9 Å². The molecule has 1 aromatic rings.